The largest absolute Gasteiger partial charge is 0.329 e. The highest BCUT2D eigenvalue weighted by Gasteiger charge is 2.34. The molecule has 0 bridgehead atoms. The first-order valence-corrected chi connectivity index (χ1v) is 8.61. The van der Waals surface area contributed by atoms with E-state index in [0.29, 0.717) is 18.6 Å². The molecule has 0 radical (unpaired) electrons. The van der Waals surface area contributed by atoms with Crippen LogP contribution < -0.4 is 5.73 Å². The Balaban J connectivity index is 1.87. The van der Waals surface area contributed by atoms with Crippen molar-refractivity contribution in [1.29, 1.82) is 0 Å². The van der Waals surface area contributed by atoms with E-state index in [2.05, 4.69) is 54.5 Å². The molecule has 3 rings (SSSR count). The molecule has 21 heavy (non-hydrogen) atoms. The Hall–Kier alpha value is -1.16. The van der Waals surface area contributed by atoms with Crippen molar-refractivity contribution >= 4 is 11.3 Å². The lowest BCUT2D eigenvalue weighted by atomic mass is 10.00. The number of thiophene rings is 1. The number of nitrogens with zero attached hydrogens (tertiary/aromatic N) is 1. The van der Waals surface area contributed by atoms with Gasteiger partial charge in [-0.1, -0.05) is 35.4 Å². The SMILES string of the molecule is Cc1cc(C)cc(C(CN)N(Cc2cccs2)C2CC2)c1. The normalized spacial score (nSPS) is 16.4. The molecular weight excluding hydrogens is 276 g/mol. The first kappa shape index (κ1) is 14.8. The fraction of sp³-hybridized carbons (Fsp3) is 0.444. The Bertz CT molecular complexity index is 567. The molecule has 1 atom stereocenters. The van der Waals surface area contributed by atoms with E-state index < -0.39 is 0 Å². The number of rotatable bonds is 6. The van der Waals surface area contributed by atoms with Gasteiger partial charge in [-0.3, -0.25) is 4.90 Å². The van der Waals surface area contributed by atoms with E-state index in [1.54, 1.807) is 0 Å². The molecule has 1 aromatic carbocycles. The summed E-state index contributed by atoms with van der Waals surface area (Å²) in [5.41, 5.74) is 10.2. The van der Waals surface area contributed by atoms with Crippen LogP contribution in [0.1, 0.15) is 40.5 Å². The van der Waals surface area contributed by atoms with Gasteiger partial charge in [-0.2, -0.15) is 0 Å². The molecule has 3 heteroatoms. The molecule has 2 nitrogen and oxygen atoms in total. The molecule has 1 aliphatic carbocycles. The summed E-state index contributed by atoms with van der Waals surface area (Å²) in [7, 11) is 0. The van der Waals surface area contributed by atoms with Crippen LogP contribution >= 0.6 is 11.3 Å². The summed E-state index contributed by atoms with van der Waals surface area (Å²) < 4.78 is 0. The lowest BCUT2D eigenvalue weighted by Gasteiger charge is -2.31. The molecule has 0 saturated heterocycles. The molecular formula is C18H24N2S. The minimum atomic E-state index is 0.332. The van der Waals surface area contributed by atoms with Crippen molar-refractivity contribution < 1.29 is 0 Å². The third-order valence-electron chi connectivity index (χ3n) is 4.19. The summed E-state index contributed by atoms with van der Waals surface area (Å²) >= 11 is 1.84. The Morgan fingerprint density at radius 2 is 1.95 bits per heavy atom. The zero-order chi connectivity index (χ0) is 14.8. The maximum Gasteiger partial charge on any atom is 0.0477 e. The number of aryl methyl sites for hydroxylation is 2. The Morgan fingerprint density at radius 1 is 1.24 bits per heavy atom. The van der Waals surface area contributed by atoms with E-state index >= 15 is 0 Å². The summed E-state index contributed by atoms with van der Waals surface area (Å²) in [6.45, 7) is 6.05. The third-order valence-corrected chi connectivity index (χ3v) is 5.05. The zero-order valence-corrected chi connectivity index (χ0v) is 13.7. The van der Waals surface area contributed by atoms with Crippen LogP contribution in [0, 0.1) is 13.8 Å². The standard InChI is InChI=1S/C18H24N2S/c1-13-8-14(2)10-15(9-13)18(11-19)20(16-5-6-16)12-17-4-3-7-21-17/h3-4,7-10,16,18H,5-6,11-12,19H2,1-2H3. The van der Waals surface area contributed by atoms with Crippen molar-refractivity contribution in [1.82, 2.24) is 4.90 Å². The predicted molar refractivity (Wildman–Crippen MR) is 90.6 cm³/mol. The van der Waals surface area contributed by atoms with Crippen LogP contribution in [0.25, 0.3) is 0 Å². The van der Waals surface area contributed by atoms with Gasteiger partial charge in [0, 0.05) is 30.1 Å². The Kier molecular flexibility index (Phi) is 4.43. The molecule has 1 saturated carbocycles. The second-order valence-electron chi connectivity index (χ2n) is 6.16. The van der Waals surface area contributed by atoms with Crippen LogP contribution in [0.2, 0.25) is 0 Å². The highest BCUT2D eigenvalue weighted by Crippen LogP contribution is 2.36. The smallest absolute Gasteiger partial charge is 0.0477 e. The summed E-state index contributed by atoms with van der Waals surface area (Å²) in [6.07, 6.45) is 2.62. The molecule has 0 aliphatic heterocycles. The van der Waals surface area contributed by atoms with E-state index in [0.717, 1.165) is 6.54 Å². The van der Waals surface area contributed by atoms with Gasteiger partial charge in [0.05, 0.1) is 0 Å². The second kappa shape index (κ2) is 6.30. The quantitative estimate of drug-likeness (QED) is 0.872. The van der Waals surface area contributed by atoms with Gasteiger partial charge in [0.1, 0.15) is 0 Å². The monoisotopic (exact) mass is 300 g/mol. The van der Waals surface area contributed by atoms with Crippen molar-refractivity contribution in [2.75, 3.05) is 6.54 Å². The maximum absolute atomic E-state index is 6.16. The zero-order valence-electron chi connectivity index (χ0n) is 12.9. The number of nitrogens with two attached hydrogens (primary N) is 1. The van der Waals surface area contributed by atoms with Gasteiger partial charge in [-0.25, -0.2) is 0 Å². The van der Waals surface area contributed by atoms with Gasteiger partial charge in [0.25, 0.3) is 0 Å². The molecule has 1 unspecified atom stereocenters. The molecule has 0 amide bonds. The van der Waals surface area contributed by atoms with Crippen molar-refractivity contribution in [3.8, 4) is 0 Å². The molecule has 1 aromatic heterocycles. The van der Waals surface area contributed by atoms with E-state index in [1.807, 2.05) is 11.3 Å². The lowest BCUT2D eigenvalue weighted by Crippen LogP contribution is -2.35. The van der Waals surface area contributed by atoms with Crippen LogP contribution in [0.15, 0.2) is 35.7 Å². The molecule has 2 aromatic rings. The lowest BCUT2D eigenvalue weighted by molar-refractivity contribution is 0.183. The van der Waals surface area contributed by atoms with E-state index in [-0.39, 0.29) is 0 Å². The molecule has 1 aliphatic rings. The maximum atomic E-state index is 6.16. The van der Waals surface area contributed by atoms with Gasteiger partial charge in [0.15, 0.2) is 0 Å². The topological polar surface area (TPSA) is 29.3 Å². The van der Waals surface area contributed by atoms with Crippen LogP contribution in [0.3, 0.4) is 0 Å². The summed E-state index contributed by atoms with van der Waals surface area (Å²) in [5.74, 6) is 0. The van der Waals surface area contributed by atoms with E-state index in [1.165, 1.54) is 34.4 Å². The summed E-state index contributed by atoms with van der Waals surface area (Å²) in [4.78, 5) is 4.05. The van der Waals surface area contributed by atoms with E-state index in [9.17, 15) is 0 Å². The van der Waals surface area contributed by atoms with Crippen LogP contribution in [0.5, 0.6) is 0 Å². The van der Waals surface area contributed by atoms with Crippen LogP contribution in [-0.4, -0.2) is 17.5 Å². The predicted octanol–water partition coefficient (Wildman–Crippen LogP) is 4.03. The second-order valence-corrected chi connectivity index (χ2v) is 7.19. The van der Waals surface area contributed by atoms with Crippen molar-refractivity contribution in [2.24, 2.45) is 5.73 Å². The van der Waals surface area contributed by atoms with Crippen molar-refractivity contribution in [3.63, 3.8) is 0 Å². The van der Waals surface area contributed by atoms with Crippen molar-refractivity contribution in [3.05, 3.63) is 57.3 Å². The minimum Gasteiger partial charge on any atom is -0.329 e. The Labute approximate surface area is 131 Å². The number of benzene rings is 1. The summed E-state index contributed by atoms with van der Waals surface area (Å²) in [6, 6.07) is 12.2. The first-order chi connectivity index (χ1) is 10.2. The summed E-state index contributed by atoms with van der Waals surface area (Å²) in [5, 5.41) is 2.16. The number of hydrogen-bond acceptors (Lipinski definition) is 3. The van der Waals surface area contributed by atoms with Gasteiger partial charge >= 0.3 is 0 Å². The molecule has 2 N–H and O–H groups in total. The van der Waals surface area contributed by atoms with Crippen LogP contribution in [-0.2, 0) is 6.54 Å². The highest BCUT2D eigenvalue weighted by atomic mass is 32.1. The molecule has 112 valence electrons. The Morgan fingerprint density at radius 3 is 2.48 bits per heavy atom. The molecule has 0 spiro atoms. The van der Waals surface area contributed by atoms with Crippen LogP contribution in [0.4, 0.5) is 0 Å². The van der Waals surface area contributed by atoms with Gasteiger partial charge in [-0.05, 0) is 43.7 Å². The van der Waals surface area contributed by atoms with Crippen molar-refractivity contribution in [2.45, 2.75) is 45.3 Å². The fourth-order valence-electron chi connectivity index (χ4n) is 3.15. The minimum absolute atomic E-state index is 0.332. The highest BCUT2D eigenvalue weighted by molar-refractivity contribution is 7.09. The van der Waals surface area contributed by atoms with Gasteiger partial charge < -0.3 is 5.73 Å². The fourth-order valence-corrected chi connectivity index (χ4v) is 3.86. The van der Waals surface area contributed by atoms with Gasteiger partial charge in [-0.15, -0.1) is 11.3 Å². The van der Waals surface area contributed by atoms with E-state index in [4.69, 9.17) is 5.73 Å². The average Bonchev–Trinajstić information content (AvgIpc) is 3.15. The molecule has 1 heterocycles. The average molecular weight is 300 g/mol. The van der Waals surface area contributed by atoms with Gasteiger partial charge in [0.2, 0.25) is 0 Å². The number of hydrogen-bond donors (Lipinski definition) is 1. The first-order valence-electron chi connectivity index (χ1n) is 7.74. The molecule has 1 fully saturated rings. The third kappa shape index (κ3) is 3.54.